The van der Waals surface area contributed by atoms with Crippen LogP contribution in [0.1, 0.15) is 29.2 Å². The summed E-state index contributed by atoms with van der Waals surface area (Å²) in [6.45, 7) is 8.84. The van der Waals surface area contributed by atoms with Gasteiger partial charge in [0.15, 0.2) is 0 Å². The molecule has 0 unspecified atom stereocenters. The van der Waals surface area contributed by atoms with Gasteiger partial charge in [-0.2, -0.15) is 0 Å². The SMILES string of the molecule is CCN(Cc1cccc(F)c1)C(=O)Nc1c(C)cc(C)cc1C. The number of benzene rings is 2. The molecule has 0 aromatic heterocycles. The minimum Gasteiger partial charge on any atom is -0.320 e. The molecule has 122 valence electrons. The van der Waals surface area contributed by atoms with Crippen LogP contribution in [0.2, 0.25) is 0 Å². The van der Waals surface area contributed by atoms with E-state index >= 15 is 0 Å². The molecular formula is C19H23FN2O. The number of aryl methyl sites for hydroxylation is 3. The van der Waals surface area contributed by atoms with Crippen molar-refractivity contribution < 1.29 is 9.18 Å². The number of nitrogens with zero attached hydrogens (tertiary/aromatic N) is 1. The van der Waals surface area contributed by atoms with E-state index in [-0.39, 0.29) is 11.8 Å². The second-order valence-electron chi connectivity index (χ2n) is 5.85. The quantitative estimate of drug-likeness (QED) is 0.863. The Morgan fingerprint density at radius 3 is 2.35 bits per heavy atom. The molecule has 2 rings (SSSR count). The Morgan fingerprint density at radius 1 is 1.13 bits per heavy atom. The summed E-state index contributed by atoms with van der Waals surface area (Å²) in [6.07, 6.45) is 0. The Hall–Kier alpha value is -2.36. The first-order valence-electron chi connectivity index (χ1n) is 7.79. The first-order chi connectivity index (χ1) is 10.9. The maximum absolute atomic E-state index is 13.3. The molecule has 1 N–H and O–H groups in total. The largest absolute Gasteiger partial charge is 0.322 e. The standard InChI is InChI=1S/C19H23FN2O/c1-5-22(12-16-7-6-8-17(20)11-16)19(23)21-18-14(3)9-13(2)10-15(18)4/h6-11H,5,12H2,1-4H3,(H,21,23). The topological polar surface area (TPSA) is 32.3 Å². The molecule has 0 saturated carbocycles. The summed E-state index contributed by atoms with van der Waals surface area (Å²) in [7, 11) is 0. The van der Waals surface area contributed by atoms with E-state index in [1.54, 1.807) is 11.0 Å². The van der Waals surface area contributed by atoms with Crippen molar-refractivity contribution in [2.45, 2.75) is 34.2 Å². The third-order valence-electron chi connectivity index (χ3n) is 3.84. The second kappa shape index (κ2) is 7.27. The molecule has 0 bridgehead atoms. The number of rotatable bonds is 4. The fourth-order valence-corrected chi connectivity index (χ4v) is 2.75. The molecule has 0 atom stereocenters. The minimum atomic E-state index is -0.288. The van der Waals surface area contributed by atoms with E-state index in [0.717, 1.165) is 22.4 Å². The van der Waals surface area contributed by atoms with Crippen molar-refractivity contribution in [2.24, 2.45) is 0 Å². The summed E-state index contributed by atoms with van der Waals surface area (Å²) in [4.78, 5) is 14.2. The maximum Gasteiger partial charge on any atom is 0.322 e. The van der Waals surface area contributed by atoms with E-state index in [1.165, 1.54) is 17.7 Å². The molecule has 2 aromatic carbocycles. The molecule has 0 heterocycles. The first-order valence-corrected chi connectivity index (χ1v) is 7.79. The lowest BCUT2D eigenvalue weighted by molar-refractivity contribution is 0.212. The Bertz CT molecular complexity index is 689. The number of urea groups is 1. The van der Waals surface area contributed by atoms with Gasteiger partial charge in [-0.3, -0.25) is 0 Å². The first kappa shape index (κ1) is 17.0. The van der Waals surface area contributed by atoms with Gasteiger partial charge < -0.3 is 10.2 Å². The number of hydrogen-bond acceptors (Lipinski definition) is 1. The fraction of sp³-hybridized carbons (Fsp3) is 0.316. The fourth-order valence-electron chi connectivity index (χ4n) is 2.75. The van der Waals surface area contributed by atoms with Crippen LogP contribution in [0.15, 0.2) is 36.4 Å². The number of halogens is 1. The van der Waals surface area contributed by atoms with Crippen LogP contribution in [-0.2, 0) is 6.54 Å². The van der Waals surface area contributed by atoms with Crippen LogP contribution < -0.4 is 5.32 Å². The van der Waals surface area contributed by atoms with Crippen LogP contribution in [0.3, 0.4) is 0 Å². The lowest BCUT2D eigenvalue weighted by atomic mass is 10.1. The third-order valence-corrected chi connectivity index (χ3v) is 3.84. The van der Waals surface area contributed by atoms with E-state index in [9.17, 15) is 9.18 Å². The molecule has 2 aromatic rings. The number of nitrogens with one attached hydrogen (secondary N) is 1. The van der Waals surface area contributed by atoms with Gasteiger partial charge in [-0.05, 0) is 56.5 Å². The molecule has 23 heavy (non-hydrogen) atoms. The van der Waals surface area contributed by atoms with Gasteiger partial charge in [-0.15, -0.1) is 0 Å². The highest BCUT2D eigenvalue weighted by Crippen LogP contribution is 2.22. The van der Waals surface area contributed by atoms with Gasteiger partial charge in [0.2, 0.25) is 0 Å². The monoisotopic (exact) mass is 314 g/mol. The molecular weight excluding hydrogens is 291 g/mol. The van der Waals surface area contributed by atoms with Gasteiger partial charge in [0, 0.05) is 18.8 Å². The lowest BCUT2D eigenvalue weighted by Gasteiger charge is -2.23. The van der Waals surface area contributed by atoms with E-state index in [4.69, 9.17) is 0 Å². The number of hydrogen-bond donors (Lipinski definition) is 1. The smallest absolute Gasteiger partial charge is 0.320 e. The maximum atomic E-state index is 13.3. The third kappa shape index (κ3) is 4.31. The Kier molecular flexibility index (Phi) is 5.37. The van der Waals surface area contributed by atoms with Gasteiger partial charge in [-0.25, -0.2) is 9.18 Å². The highest BCUT2D eigenvalue weighted by atomic mass is 19.1. The number of carbonyl (C=O) groups is 1. The van der Waals surface area contributed by atoms with Crippen molar-refractivity contribution in [3.8, 4) is 0 Å². The summed E-state index contributed by atoms with van der Waals surface area (Å²) >= 11 is 0. The van der Waals surface area contributed by atoms with Crippen molar-refractivity contribution in [1.82, 2.24) is 4.90 Å². The van der Waals surface area contributed by atoms with Crippen LogP contribution >= 0.6 is 0 Å². The molecule has 0 radical (unpaired) electrons. The zero-order chi connectivity index (χ0) is 17.0. The van der Waals surface area contributed by atoms with E-state index in [2.05, 4.69) is 5.32 Å². The minimum absolute atomic E-state index is 0.174. The molecule has 0 fully saturated rings. The van der Waals surface area contributed by atoms with Gasteiger partial charge >= 0.3 is 6.03 Å². The van der Waals surface area contributed by atoms with Crippen molar-refractivity contribution in [3.05, 3.63) is 64.5 Å². The Balaban J connectivity index is 2.15. The van der Waals surface area contributed by atoms with Crippen LogP contribution in [0.25, 0.3) is 0 Å². The average Bonchev–Trinajstić information content (AvgIpc) is 2.48. The van der Waals surface area contributed by atoms with E-state index in [1.807, 2.05) is 45.9 Å². The molecule has 0 saturated heterocycles. The summed E-state index contributed by atoms with van der Waals surface area (Å²) in [5.74, 6) is -0.288. The summed E-state index contributed by atoms with van der Waals surface area (Å²) < 4.78 is 13.3. The van der Waals surface area contributed by atoms with Crippen molar-refractivity contribution in [1.29, 1.82) is 0 Å². The van der Waals surface area contributed by atoms with E-state index < -0.39 is 0 Å². The highest BCUT2D eigenvalue weighted by molar-refractivity contribution is 5.91. The lowest BCUT2D eigenvalue weighted by Crippen LogP contribution is -2.34. The predicted molar refractivity (Wildman–Crippen MR) is 92.2 cm³/mol. The van der Waals surface area contributed by atoms with Crippen LogP contribution in [-0.4, -0.2) is 17.5 Å². The summed E-state index contributed by atoms with van der Waals surface area (Å²) in [6, 6.07) is 10.3. The molecule has 4 heteroatoms. The van der Waals surface area contributed by atoms with Crippen LogP contribution in [0.5, 0.6) is 0 Å². The number of anilines is 1. The zero-order valence-corrected chi connectivity index (χ0v) is 14.1. The van der Waals surface area contributed by atoms with Crippen molar-refractivity contribution in [2.75, 3.05) is 11.9 Å². The molecule has 0 aliphatic rings. The Morgan fingerprint density at radius 2 is 1.78 bits per heavy atom. The molecule has 0 spiro atoms. The second-order valence-corrected chi connectivity index (χ2v) is 5.85. The van der Waals surface area contributed by atoms with Gasteiger partial charge in [0.1, 0.15) is 5.82 Å². The molecule has 3 nitrogen and oxygen atoms in total. The highest BCUT2D eigenvalue weighted by Gasteiger charge is 2.15. The summed E-state index contributed by atoms with van der Waals surface area (Å²) in [5, 5.41) is 2.98. The number of amides is 2. The molecule has 2 amide bonds. The Labute approximate surface area is 137 Å². The average molecular weight is 314 g/mol. The zero-order valence-electron chi connectivity index (χ0n) is 14.1. The van der Waals surface area contributed by atoms with Crippen LogP contribution in [0, 0.1) is 26.6 Å². The van der Waals surface area contributed by atoms with Gasteiger partial charge in [0.25, 0.3) is 0 Å². The van der Waals surface area contributed by atoms with Gasteiger partial charge in [0.05, 0.1) is 0 Å². The van der Waals surface area contributed by atoms with Crippen LogP contribution in [0.4, 0.5) is 14.9 Å². The summed E-state index contributed by atoms with van der Waals surface area (Å²) in [5.41, 5.74) is 4.87. The number of carbonyl (C=O) groups excluding carboxylic acids is 1. The van der Waals surface area contributed by atoms with E-state index in [0.29, 0.717) is 13.1 Å². The molecule has 0 aliphatic heterocycles. The van der Waals surface area contributed by atoms with Crippen molar-refractivity contribution >= 4 is 11.7 Å². The van der Waals surface area contributed by atoms with Gasteiger partial charge in [-0.1, -0.05) is 29.8 Å². The van der Waals surface area contributed by atoms with Crippen molar-refractivity contribution in [3.63, 3.8) is 0 Å². The normalized spacial score (nSPS) is 10.5. The predicted octanol–water partition coefficient (Wildman–Crippen LogP) is 4.80. The molecule has 0 aliphatic carbocycles.